The van der Waals surface area contributed by atoms with Gasteiger partial charge in [-0.3, -0.25) is 14.9 Å². The molecule has 180 valence electrons. The van der Waals surface area contributed by atoms with E-state index in [4.69, 9.17) is 0 Å². The van der Waals surface area contributed by atoms with Crippen LogP contribution in [0.1, 0.15) is 52.5 Å². The number of halogens is 3. The molecule has 0 bridgehead atoms. The Morgan fingerprint density at radius 2 is 1.88 bits per heavy atom. The van der Waals surface area contributed by atoms with Crippen molar-refractivity contribution >= 4 is 11.6 Å². The van der Waals surface area contributed by atoms with Gasteiger partial charge in [0.1, 0.15) is 0 Å². The topological polar surface area (TPSA) is 68.4 Å². The summed E-state index contributed by atoms with van der Waals surface area (Å²) in [6.45, 7) is 4.51. The van der Waals surface area contributed by atoms with Gasteiger partial charge in [-0.15, -0.1) is 0 Å². The molecule has 1 aromatic heterocycles. The van der Waals surface area contributed by atoms with Crippen molar-refractivity contribution in [3.8, 4) is 0 Å². The average molecular weight is 473 g/mol. The van der Waals surface area contributed by atoms with Gasteiger partial charge in [0.15, 0.2) is 0 Å². The van der Waals surface area contributed by atoms with Crippen LogP contribution in [0.4, 0.5) is 18.9 Å². The maximum Gasteiger partial charge on any atom is 0.416 e. The lowest BCUT2D eigenvalue weighted by atomic mass is 10.1. The third-order valence-electron chi connectivity index (χ3n) is 5.61. The van der Waals surface area contributed by atoms with Crippen LogP contribution >= 0.6 is 0 Å². The van der Waals surface area contributed by atoms with Crippen molar-refractivity contribution in [1.82, 2.24) is 9.47 Å². The van der Waals surface area contributed by atoms with Gasteiger partial charge in [-0.1, -0.05) is 31.5 Å². The zero-order valence-corrected chi connectivity index (χ0v) is 19.0. The van der Waals surface area contributed by atoms with E-state index in [9.17, 15) is 28.1 Å². The Morgan fingerprint density at radius 3 is 2.56 bits per heavy atom. The molecule has 34 heavy (non-hydrogen) atoms. The maximum absolute atomic E-state index is 13.3. The van der Waals surface area contributed by atoms with Crippen LogP contribution in [-0.2, 0) is 19.3 Å². The number of benzene rings is 2. The zero-order valence-electron chi connectivity index (χ0n) is 19.0. The van der Waals surface area contributed by atoms with Gasteiger partial charge in [-0.05, 0) is 49.2 Å². The quantitative estimate of drug-likeness (QED) is 0.274. The fourth-order valence-corrected chi connectivity index (χ4v) is 3.71. The Kier molecular flexibility index (Phi) is 7.75. The predicted molar refractivity (Wildman–Crippen MR) is 122 cm³/mol. The molecule has 9 heteroatoms. The standard InChI is InChI=1S/C25H26F3N3O3/c1-3-4-12-30(24(32)20-11-10-18(2)23(15-20)31(33)34)17-22-9-6-13-29(22)16-19-7-5-8-21(14-19)25(26,27)28/h5-11,13-15H,3-4,12,16-17H2,1-2H3. The van der Waals surface area contributed by atoms with E-state index in [1.807, 2.05) is 13.0 Å². The molecule has 0 unspecified atom stereocenters. The van der Waals surface area contributed by atoms with Gasteiger partial charge in [-0.2, -0.15) is 13.2 Å². The van der Waals surface area contributed by atoms with Crippen molar-refractivity contribution in [1.29, 1.82) is 0 Å². The molecule has 0 saturated heterocycles. The van der Waals surface area contributed by atoms with E-state index in [1.54, 1.807) is 46.9 Å². The maximum atomic E-state index is 13.3. The molecular weight excluding hydrogens is 447 g/mol. The lowest BCUT2D eigenvalue weighted by Gasteiger charge is -2.24. The van der Waals surface area contributed by atoms with Crippen molar-refractivity contribution in [3.05, 3.63) is 98.9 Å². The van der Waals surface area contributed by atoms with Crippen LogP contribution in [0.25, 0.3) is 0 Å². The third kappa shape index (κ3) is 6.03. The molecule has 6 nitrogen and oxygen atoms in total. The number of carbonyl (C=O) groups is 1. The number of amides is 1. The smallest absolute Gasteiger partial charge is 0.345 e. The first-order chi connectivity index (χ1) is 16.1. The number of unbranched alkanes of at least 4 members (excludes halogenated alkanes) is 1. The minimum absolute atomic E-state index is 0.116. The highest BCUT2D eigenvalue weighted by Crippen LogP contribution is 2.30. The minimum atomic E-state index is -4.42. The van der Waals surface area contributed by atoms with Crippen LogP contribution in [0.3, 0.4) is 0 Å². The summed E-state index contributed by atoms with van der Waals surface area (Å²) in [4.78, 5) is 25.7. The summed E-state index contributed by atoms with van der Waals surface area (Å²) < 4.78 is 41.0. The molecule has 0 N–H and O–H groups in total. The van der Waals surface area contributed by atoms with E-state index in [2.05, 4.69) is 0 Å². The summed E-state index contributed by atoms with van der Waals surface area (Å²) in [6, 6.07) is 13.2. The molecule has 3 rings (SSSR count). The summed E-state index contributed by atoms with van der Waals surface area (Å²) in [5, 5.41) is 11.3. The first kappa shape index (κ1) is 25.0. The van der Waals surface area contributed by atoms with Crippen LogP contribution in [0.2, 0.25) is 0 Å². The second-order valence-corrected chi connectivity index (χ2v) is 8.16. The van der Waals surface area contributed by atoms with E-state index < -0.39 is 16.7 Å². The number of alkyl halides is 3. The second kappa shape index (κ2) is 10.5. The second-order valence-electron chi connectivity index (χ2n) is 8.16. The van der Waals surface area contributed by atoms with Gasteiger partial charge in [0, 0.05) is 42.2 Å². The molecule has 0 aliphatic rings. The SMILES string of the molecule is CCCCN(Cc1cccn1Cc1cccc(C(F)(F)F)c1)C(=O)c1ccc(C)c([N+](=O)[O-])c1. The first-order valence-corrected chi connectivity index (χ1v) is 10.9. The van der Waals surface area contributed by atoms with Gasteiger partial charge in [0.2, 0.25) is 0 Å². The fourth-order valence-electron chi connectivity index (χ4n) is 3.71. The van der Waals surface area contributed by atoms with Gasteiger partial charge in [-0.25, -0.2) is 0 Å². The minimum Gasteiger partial charge on any atom is -0.345 e. The van der Waals surface area contributed by atoms with Crippen LogP contribution < -0.4 is 0 Å². The molecule has 0 aliphatic carbocycles. The number of aryl methyl sites for hydroxylation is 1. The molecule has 1 heterocycles. The highest BCUT2D eigenvalue weighted by molar-refractivity contribution is 5.95. The molecule has 0 radical (unpaired) electrons. The molecule has 0 spiro atoms. The van der Waals surface area contributed by atoms with Crippen LogP contribution in [0.15, 0.2) is 60.8 Å². The molecule has 1 amide bonds. The Bertz CT molecular complexity index is 1170. The Hall–Kier alpha value is -3.62. The summed E-state index contributed by atoms with van der Waals surface area (Å²) in [5.74, 6) is -0.330. The van der Waals surface area contributed by atoms with Crippen LogP contribution in [-0.4, -0.2) is 26.8 Å². The summed E-state index contributed by atoms with van der Waals surface area (Å²) in [7, 11) is 0. The average Bonchev–Trinajstić information content (AvgIpc) is 3.22. The van der Waals surface area contributed by atoms with Crippen molar-refractivity contribution in [3.63, 3.8) is 0 Å². The molecule has 0 aliphatic heterocycles. The highest BCUT2D eigenvalue weighted by Gasteiger charge is 2.30. The number of rotatable bonds is 9. The Morgan fingerprint density at radius 1 is 1.12 bits per heavy atom. The number of nitro groups is 1. The number of nitrogens with zero attached hydrogens (tertiary/aromatic N) is 3. The van der Waals surface area contributed by atoms with Crippen molar-refractivity contribution < 1.29 is 22.9 Å². The Labute approximate surface area is 195 Å². The van der Waals surface area contributed by atoms with Gasteiger partial charge < -0.3 is 9.47 Å². The summed E-state index contributed by atoms with van der Waals surface area (Å²) in [5.41, 5.74) is 1.12. The number of nitro benzene ring substituents is 1. The highest BCUT2D eigenvalue weighted by atomic mass is 19.4. The summed E-state index contributed by atoms with van der Waals surface area (Å²) >= 11 is 0. The monoisotopic (exact) mass is 473 g/mol. The van der Waals surface area contributed by atoms with Gasteiger partial charge in [0.05, 0.1) is 17.0 Å². The van der Waals surface area contributed by atoms with E-state index in [0.717, 1.165) is 30.7 Å². The lowest BCUT2D eigenvalue weighted by Crippen LogP contribution is -2.32. The van der Waals surface area contributed by atoms with E-state index in [1.165, 1.54) is 12.1 Å². The number of aromatic nitrogens is 1. The van der Waals surface area contributed by atoms with Crippen molar-refractivity contribution in [2.45, 2.75) is 46.0 Å². The van der Waals surface area contributed by atoms with E-state index >= 15 is 0 Å². The molecule has 3 aromatic rings. The van der Waals surface area contributed by atoms with Crippen molar-refractivity contribution in [2.75, 3.05) is 6.54 Å². The molecule has 0 fully saturated rings. The predicted octanol–water partition coefficient (Wildman–Crippen LogP) is 6.21. The van der Waals surface area contributed by atoms with Crippen molar-refractivity contribution in [2.24, 2.45) is 0 Å². The molecule has 2 aromatic carbocycles. The largest absolute Gasteiger partial charge is 0.416 e. The molecule has 0 atom stereocenters. The van der Waals surface area contributed by atoms with Crippen LogP contribution in [0.5, 0.6) is 0 Å². The van der Waals surface area contributed by atoms with E-state index in [0.29, 0.717) is 17.7 Å². The van der Waals surface area contributed by atoms with Gasteiger partial charge >= 0.3 is 6.18 Å². The normalized spacial score (nSPS) is 11.4. The first-order valence-electron chi connectivity index (χ1n) is 10.9. The molecule has 0 saturated carbocycles. The number of carbonyl (C=O) groups excluding carboxylic acids is 1. The number of hydrogen-bond donors (Lipinski definition) is 0. The summed E-state index contributed by atoms with van der Waals surface area (Å²) in [6.07, 6.45) is -1.07. The third-order valence-corrected chi connectivity index (χ3v) is 5.61. The van der Waals surface area contributed by atoms with E-state index in [-0.39, 0.29) is 30.2 Å². The van der Waals surface area contributed by atoms with Gasteiger partial charge in [0.25, 0.3) is 11.6 Å². The lowest BCUT2D eigenvalue weighted by molar-refractivity contribution is -0.385. The fraction of sp³-hybridized carbons (Fsp3) is 0.320. The zero-order chi connectivity index (χ0) is 24.9. The van der Waals surface area contributed by atoms with Crippen LogP contribution in [0, 0.1) is 17.0 Å². The Balaban J connectivity index is 1.85. The molecular formula is C25H26F3N3O3. The number of hydrogen-bond acceptors (Lipinski definition) is 3.